The molecule has 0 aromatic heterocycles. The van der Waals surface area contributed by atoms with Gasteiger partial charge in [-0.1, -0.05) is 37.3 Å². The molecule has 4 fully saturated rings. The predicted octanol–water partition coefficient (Wildman–Crippen LogP) is 1.38. The van der Waals surface area contributed by atoms with Gasteiger partial charge in [0.15, 0.2) is 12.2 Å². The number of ether oxygens (including phenoxy) is 3. The Balaban J connectivity index is 1.60. The largest absolute Gasteiger partial charge is 0.462 e. The normalized spacial score (nSPS) is 44.6. The lowest BCUT2D eigenvalue weighted by atomic mass is 9.44. The summed E-state index contributed by atoms with van der Waals surface area (Å²) in [5.41, 5.74) is -5.56. The number of cyclic esters (lactones) is 1. The second-order valence-electron chi connectivity index (χ2n) is 9.68. The van der Waals surface area contributed by atoms with Crippen LogP contribution >= 0.6 is 0 Å². The average molecular weight is 442 g/mol. The highest BCUT2D eigenvalue weighted by molar-refractivity contribution is 5.94. The van der Waals surface area contributed by atoms with Crippen LogP contribution in [0.1, 0.15) is 38.7 Å². The molecular weight excluding hydrogens is 416 g/mol. The third-order valence-electron chi connectivity index (χ3n) is 8.54. The Morgan fingerprint density at radius 1 is 1.25 bits per heavy atom. The molecule has 1 aromatic rings. The first-order valence-corrected chi connectivity index (χ1v) is 10.9. The van der Waals surface area contributed by atoms with Crippen molar-refractivity contribution in [1.29, 1.82) is 0 Å². The molecule has 32 heavy (non-hydrogen) atoms. The fourth-order valence-corrected chi connectivity index (χ4v) is 6.78. The summed E-state index contributed by atoms with van der Waals surface area (Å²) in [6.07, 6.45) is 0.796. The fraction of sp³-hybridized carbons (Fsp3) is 0.542. The lowest BCUT2D eigenvalue weighted by molar-refractivity contribution is -0.321. The van der Waals surface area contributed by atoms with Crippen molar-refractivity contribution in [3.8, 4) is 0 Å². The number of carbonyl (C=O) groups excluding carboxylic acids is 3. The minimum Gasteiger partial charge on any atom is -0.462 e. The van der Waals surface area contributed by atoms with Crippen LogP contribution in [0, 0.1) is 16.7 Å². The standard InChI is InChI=1S/C24H26O8/c1-14-10-11-23(29)21(2)13-30-20(28)24(21,16-12-22(14,23)18(26)19(27)31-16)32-17(25)9-8-15-6-4-3-5-7-15/h3-9,14,16,18,26,29H,10-13H2,1-2H3/b9-8+/t14-,16-,18+,21+,22+,23+,24-/m1/s1. The van der Waals surface area contributed by atoms with Gasteiger partial charge in [0.1, 0.15) is 6.61 Å². The minimum atomic E-state index is -2.01. The van der Waals surface area contributed by atoms with Crippen molar-refractivity contribution in [3.05, 3.63) is 42.0 Å². The highest BCUT2D eigenvalue weighted by Gasteiger charge is 2.87. The van der Waals surface area contributed by atoms with Gasteiger partial charge >= 0.3 is 17.9 Å². The van der Waals surface area contributed by atoms with Crippen molar-refractivity contribution in [3.63, 3.8) is 0 Å². The van der Waals surface area contributed by atoms with Gasteiger partial charge < -0.3 is 24.4 Å². The summed E-state index contributed by atoms with van der Waals surface area (Å²) in [5, 5.41) is 23.0. The Bertz CT molecular complexity index is 1020. The average Bonchev–Trinajstić information content (AvgIpc) is 3.20. The Labute approximate surface area is 185 Å². The summed E-state index contributed by atoms with van der Waals surface area (Å²) in [6.45, 7) is 3.28. The third-order valence-corrected chi connectivity index (χ3v) is 8.54. The van der Waals surface area contributed by atoms with E-state index in [1.165, 1.54) is 6.08 Å². The van der Waals surface area contributed by atoms with Crippen molar-refractivity contribution in [2.75, 3.05) is 6.61 Å². The van der Waals surface area contributed by atoms with Crippen molar-refractivity contribution in [2.45, 2.75) is 56.5 Å². The number of aliphatic hydroxyl groups excluding tert-OH is 1. The van der Waals surface area contributed by atoms with Crippen LogP contribution in [0.5, 0.6) is 0 Å². The minimum absolute atomic E-state index is 0.00204. The van der Waals surface area contributed by atoms with Gasteiger partial charge in [0.2, 0.25) is 0 Å². The molecule has 8 heteroatoms. The number of carbonyl (C=O) groups is 3. The number of hydrogen-bond acceptors (Lipinski definition) is 8. The summed E-state index contributed by atoms with van der Waals surface area (Å²) in [7, 11) is 0. The maximum Gasteiger partial charge on any atom is 0.355 e. The molecule has 1 aromatic carbocycles. The molecule has 2 N–H and O–H groups in total. The molecule has 0 amide bonds. The first-order chi connectivity index (χ1) is 15.1. The lowest BCUT2D eigenvalue weighted by Gasteiger charge is -2.64. The van der Waals surface area contributed by atoms with Gasteiger partial charge in [0.05, 0.1) is 11.0 Å². The quantitative estimate of drug-likeness (QED) is 0.409. The van der Waals surface area contributed by atoms with E-state index in [-0.39, 0.29) is 25.4 Å². The van der Waals surface area contributed by atoms with E-state index >= 15 is 0 Å². The summed E-state index contributed by atoms with van der Waals surface area (Å²) in [4.78, 5) is 38.7. The molecule has 0 unspecified atom stereocenters. The molecule has 1 spiro atoms. The number of esters is 3. The van der Waals surface area contributed by atoms with Gasteiger partial charge in [-0.2, -0.15) is 0 Å². The summed E-state index contributed by atoms with van der Waals surface area (Å²) >= 11 is 0. The second-order valence-corrected chi connectivity index (χ2v) is 9.68. The van der Waals surface area contributed by atoms with Crippen LogP contribution < -0.4 is 0 Å². The molecule has 7 atom stereocenters. The maximum absolute atomic E-state index is 13.2. The second kappa shape index (κ2) is 6.65. The van der Waals surface area contributed by atoms with Gasteiger partial charge in [-0.25, -0.2) is 14.4 Å². The van der Waals surface area contributed by atoms with E-state index in [1.807, 2.05) is 25.1 Å². The first-order valence-electron chi connectivity index (χ1n) is 10.9. The van der Waals surface area contributed by atoms with Gasteiger partial charge in [0, 0.05) is 17.9 Å². The zero-order valence-electron chi connectivity index (χ0n) is 17.9. The SMILES string of the molecule is C[C@@H]1CC[C@@]2(O)[C@@]13C[C@@H](OC(=O)[C@@H]3O)[C@@]1(OC(=O)/C=C/c3ccccc3)C(=O)OC[C@@]21C. The molecule has 0 radical (unpaired) electrons. The van der Waals surface area contributed by atoms with Crippen molar-refractivity contribution < 1.29 is 38.8 Å². The van der Waals surface area contributed by atoms with Crippen LogP contribution in [-0.4, -0.2) is 58.1 Å². The third kappa shape index (κ3) is 2.26. The van der Waals surface area contributed by atoms with Crippen molar-refractivity contribution >= 4 is 24.0 Å². The van der Waals surface area contributed by atoms with Crippen LogP contribution in [0.25, 0.3) is 6.08 Å². The van der Waals surface area contributed by atoms with E-state index in [0.29, 0.717) is 6.42 Å². The first kappa shape index (κ1) is 21.2. The topological polar surface area (TPSA) is 119 Å². The van der Waals surface area contributed by atoms with Crippen molar-refractivity contribution in [1.82, 2.24) is 0 Å². The fourth-order valence-electron chi connectivity index (χ4n) is 6.78. The lowest BCUT2D eigenvalue weighted by Crippen LogP contribution is -2.81. The van der Waals surface area contributed by atoms with E-state index in [9.17, 15) is 24.6 Å². The monoisotopic (exact) mass is 442 g/mol. The van der Waals surface area contributed by atoms with Gasteiger partial charge in [-0.15, -0.1) is 0 Å². The van der Waals surface area contributed by atoms with Gasteiger partial charge in [-0.05, 0) is 37.3 Å². The molecule has 8 nitrogen and oxygen atoms in total. The van der Waals surface area contributed by atoms with Crippen LogP contribution in [0.15, 0.2) is 36.4 Å². The molecule has 2 aliphatic heterocycles. The molecular formula is C24H26O8. The van der Waals surface area contributed by atoms with E-state index < -0.39 is 52.1 Å². The van der Waals surface area contributed by atoms with Gasteiger partial charge in [-0.3, -0.25) is 0 Å². The van der Waals surface area contributed by atoms with Crippen LogP contribution in [-0.2, 0) is 28.6 Å². The molecule has 2 saturated carbocycles. The molecule has 2 aliphatic carbocycles. The molecule has 2 bridgehead atoms. The zero-order chi connectivity index (χ0) is 22.9. The van der Waals surface area contributed by atoms with Crippen LogP contribution in [0.2, 0.25) is 0 Å². The number of aliphatic hydroxyl groups is 2. The highest BCUT2D eigenvalue weighted by atomic mass is 16.6. The molecule has 2 saturated heterocycles. The van der Waals surface area contributed by atoms with E-state index in [4.69, 9.17) is 14.2 Å². The van der Waals surface area contributed by atoms with Crippen LogP contribution in [0.3, 0.4) is 0 Å². The number of rotatable bonds is 3. The van der Waals surface area contributed by atoms with E-state index in [1.54, 1.807) is 25.1 Å². The Morgan fingerprint density at radius 2 is 1.97 bits per heavy atom. The van der Waals surface area contributed by atoms with Crippen molar-refractivity contribution in [2.24, 2.45) is 16.7 Å². The predicted molar refractivity (Wildman–Crippen MR) is 110 cm³/mol. The Kier molecular flexibility index (Phi) is 4.40. The maximum atomic E-state index is 13.2. The number of fused-ring (bicyclic) bond motifs is 4. The zero-order valence-corrected chi connectivity index (χ0v) is 17.9. The number of hydrogen-bond donors (Lipinski definition) is 2. The summed E-state index contributed by atoms with van der Waals surface area (Å²) in [5.74, 6) is -2.80. The van der Waals surface area contributed by atoms with Crippen LogP contribution in [0.4, 0.5) is 0 Å². The molecule has 170 valence electrons. The van der Waals surface area contributed by atoms with E-state index in [0.717, 1.165) is 5.56 Å². The molecule has 4 aliphatic rings. The molecule has 2 heterocycles. The smallest absolute Gasteiger partial charge is 0.355 e. The summed E-state index contributed by atoms with van der Waals surface area (Å²) in [6, 6.07) is 9.09. The molecule has 5 rings (SSSR count). The van der Waals surface area contributed by atoms with Gasteiger partial charge in [0.25, 0.3) is 5.60 Å². The Morgan fingerprint density at radius 3 is 2.69 bits per heavy atom. The Hall–Kier alpha value is -2.71. The number of benzene rings is 1. The summed E-state index contributed by atoms with van der Waals surface area (Å²) < 4.78 is 16.7. The van der Waals surface area contributed by atoms with E-state index in [2.05, 4.69) is 0 Å². The highest BCUT2D eigenvalue weighted by Crippen LogP contribution is 2.72.